The summed E-state index contributed by atoms with van der Waals surface area (Å²) in [6.07, 6.45) is 0. The molecule has 0 amide bonds. The van der Waals surface area contributed by atoms with Crippen molar-refractivity contribution >= 4 is 50.5 Å². The van der Waals surface area contributed by atoms with E-state index in [4.69, 9.17) is 29.0 Å². The van der Waals surface area contributed by atoms with E-state index >= 15 is 0 Å². The molecule has 1 atom stereocenters. The Kier molecular flexibility index (Phi) is 4.47. The van der Waals surface area contributed by atoms with Gasteiger partial charge in [-0.2, -0.15) is 0 Å². The van der Waals surface area contributed by atoms with Crippen molar-refractivity contribution in [3.05, 3.63) is 54.6 Å². The van der Waals surface area contributed by atoms with Gasteiger partial charge in [0, 0.05) is 14.4 Å². The minimum absolute atomic E-state index is 0.109. The predicted octanol–water partition coefficient (Wildman–Crippen LogP) is 4.37. The summed E-state index contributed by atoms with van der Waals surface area (Å²) in [5, 5.41) is 0.664. The number of hydrazine groups is 1. The van der Waals surface area contributed by atoms with E-state index in [1.165, 1.54) is 11.3 Å². The summed E-state index contributed by atoms with van der Waals surface area (Å²) in [4.78, 5) is 1.05. The highest BCUT2D eigenvalue weighted by Crippen LogP contribution is 2.32. The maximum Gasteiger partial charge on any atom is 0.0931 e. The van der Waals surface area contributed by atoms with Crippen LogP contribution >= 0.6 is 50.5 Å². The predicted molar refractivity (Wildman–Crippen MR) is 77.6 cm³/mol. The van der Waals surface area contributed by atoms with Gasteiger partial charge in [0.2, 0.25) is 0 Å². The Morgan fingerprint density at radius 3 is 2.53 bits per heavy atom. The van der Waals surface area contributed by atoms with E-state index in [1.807, 2.05) is 30.3 Å². The molecule has 1 aromatic heterocycles. The second kappa shape index (κ2) is 5.69. The Labute approximate surface area is 122 Å². The lowest BCUT2D eigenvalue weighted by Crippen LogP contribution is -2.28. The van der Waals surface area contributed by atoms with Gasteiger partial charge in [-0.3, -0.25) is 5.84 Å². The molecule has 90 valence electrons. The molecule has 0 aliphatic carbocycles. The fourth-order valence-electron chi connectivity index (χ4n) is 1.57. The van der Waals surface area contributed by atoms with E-state index in [9.17, 15) is 0 Å². The molecule has 1 aromatic carbocycles. The third kappa shape index (κ3) is 3.22. The smallest absolute Gasteiger partial charge is 0.0931 e. The van der Waals surface area contributed by atoms with Crippen LogP contribution in [0.1, 0.15) is 16.5 Å². The van der Waals surface area contributed by atoms with Crippen LogP contribution in [0.3, 0.4) is 0 Å². The van der Waals surface area contributed by atoms with Crippen molar-refractivity contribution in [2.75, 3.05) is 0 Å². The maximum atomic E-state index is 6.02. The molecule has 0 fully saturated rings. The van der Waals surface area contributed by atoms with E-state index in [0.717, 1.165) is 19.2 Å². The van der Waals surface area contributed by atoms with Gasteiger partial charge in [0.1, 0.15) is 0 Å². The second-order valence-corrected chi connectivity index (χ2v) is 6.54. The molecule has 0 aliphatic rings. The van der Waals surface area contributed by atoms with E-state index < -0.39 is 0 Å². The van der Waals surface area contributed by atoms with Gasteiger partial charge in [-0.05, 0) is 35.9 Å². The summed E-state index contributed by atoms with van der Waals surface area (Å²) < 4.78 is 1.66. The summed E-state index contributed by atoms with van der Waals surface area (Å²) in [6.45, 7) is 0. The van der Waals surface area contributed by atoms with E-state index in [2.05, 4.69) is 21.4 Å². The molecular weight excluding hydrogens is 343 g/mol. The van der Waals surface area contributed by atoms with E-state index in [-0.39, 0.29) is 6.04 Å². The van der Waals surface area contributed by atoms with Gasteiger partial charge in [0.25, 0.3) is 0 Å². The number of rotatable bonds is 3. The molecule has 0 aliphatic heterocycles. The van der Waals surface area contributed by atoms with Crippen LogP contribution in [0.25, 0.3) is 0 Å². The number of hydrogen-bond donors (Lipinski definition) is 2. The summed E-state index contributed by atoms with van der Waals surface area (Å²) in [5.74, 6) is 5.60. The second-order valence-electron chi connectivity index (χ2n) is 3.44. The van der Waals surface area contributed by atoms with Gasteiger partial charge in [-0.15, -0.1) is 11.3 Å². The molecule has 0 spiro atoms. The van der Waals surface area contributed by atoms with Crippen LogP contribution < -0.4 is 11.3 Å². The van der Waals surface area contributed by atoms with Crippen molar-refractivity contribution < 1.29 is 0 Å². The summed E-state index contributed by atoms with van der Waals surface area (Å²) in [5.41, 5.74) is 3.77. The van der Waals surface area contributed by atoms with Crippen LogP contribution in [0.2, 0.25) is 9.36 Å². The third-order valence-electron chi connectivity index (χ3n) is 2.26. The minimum Gasteiger partial charge on any atom is -0.271 e. The molecule has 17 heavy (non-hydrogen) atoms. The average molecular weight is 352 g/mol. The van der Waals surface area contributed by atoms with Gasteiger partial charge in [0.05, 0.1) is 10.4 Å². The quantitative estimate of drug-likeness (QED) is 0.636. The molecule has 1 heterocycles. The third-order valence-corrected chi connectivity index (χ3v) is 4.24. The summed E-state index contributed by atoms with van der Waals surface area (Å²) >= 11 is 16.9. The molecular formula is C11H9BrCl2N2S. The number of benzene rings is 1. The molecule has 0 saturated heterocycles. The summed E-state index contributed by atoms with van der Waals surface area (Å²) in [7, 11) is 0. The van der Waals surface area contributed by atoms with Crippen LogP contribution in [-0.4, -0.2) is 0 Å². The normalized spacial score (nSPS) is 12.7. The van der Waals surface area contributed by atoms with Crippen LogP contribution in [-0.2, 0) is 0 Å². The first-order valence-electron chi connectivity index (χ1n) is 4.77. The average Bonchev–Trinajstić information content (AvgIpc) is 2.64. The van der Waals surface area contributed by atoms with Crippen molar-refractivity contribution in [1.29, 1.82) is 0 Å². The Morgan fingerprint density at radius 1 is 1.24 bits per heavy atom. The van der Waals surface area contributed by atoms with Crippen molar-refractivity contribution in [2.45, 2.75) is 6.04 Å². The fraction of sp³-hybridized carbons (Fsp3) is 0.0909. The van der Waals surface area contributed by atoms with Crippen molar-refractivity contribution in [2.24, 2.45) is 5.84 Å². The van der Waals surface area contributed by atoms with Gasteiger partial charge < -0.3 is 0 Å². The molecule has 1 unspecified atom stereocenters. The highest BCUT2D eigenvalue weighted by molar-refractivity contribution is 9.10. The van der Waals surface area contributed by atoms with Gasteiger partial charge in [-0.25, -0.2) is 5.43 Å². The number of halogens is 3. The SMILES string of the molecule is NNC(c1cc(Cl)cc(Br)c1)c1ccc(Cl)s1. The Balaban J connectivity index is 2.41. The van der Waals surface area contributed by atoms with E-state index in [1.54, 1.807) is 0 Å². The first-order chi connectivity index (χ1) is 8.10. The largest absolute Gasteiger partial charge is 0.271 e. The number of hydrogen-bond acceptors (Lipinski definition) is 3. The van der Waals surface area contributed by atoms with Crippen LogP contribution in [0.15, 0.2) is 34.8 Å². The topological polar surface area (TPSA) is 38.0 Å². The van der Waals surface area contributed by atoms with E-state index in [0.29, 0.717) is 5.02 Å². The number of nitrogens with two attached hydrogens (primary N) is 1. The molecule has 2 nitrogen and oxygen atoms in total. The number of nitrogens with one attached hydrogen (secondary N) is 1. The lowest BCUT2D eigenvalue weighted by Gasteiger charge is -2.15. The van der Waals surface area contributed by atoms with Crippen molar-refractivity contribution in [1.82, 2.24) is 5.43 Å². The maximum absolute atomic E-state index is 6.02. The zero-order valence-corrected chi connectivity index (χ0v) is 12.5. The van der Waals surface area contributed by atoms with Gasteiger partial charge >= 0.3 is 0 Å². The molecule has 0 saturated carbocycles. The molecule has 0 radical (unpaired) electrons. The van der Waals surface area contributed by atoms with Crippen molar-refractivity contribution in [3.63, 3.8) is 0 Å². The molecule has 2 rings (SSSR count). The zero-order valence-electron chi connectivity index (χ0n) is 8.58. The van der Waals surface area contributed by atoms with Crippen LogP contribution in [0.5, 0.6) is 0 Å². The van der Waals surface area contributed by atoms with Gasteiger partial charge in [-0.1, -0.05) is 39.1 Å². The molecule has 0 bridgehead atoms. The van der Waals surface area contributed by atoms with Gasteiger partial charge in [0.15, 0.2) is 0 Å². The fourth-order valence-corrected chi connectivity index (χ4v) is 3.60. The van der Waals surface area contributed by atoms with Crippen LogP contribution in [0, 0.1) is 0 Å². The minimum atomic E-state index is -0.109. The van der Waals surface area contributed by atoms with Crippen LogP contribution in [0.4, 0.5) is 0 Å². The lowest BCUT2D eigenvalue weighted by atomic mass is 10.1. The standard InChI is InChI=1S/C11H9BrCl2N2S/c12-7-3-6(4-8(13)5-7)11(16-15)9-1-2-10(14)17-9/h1-5,11,16H,15H2. The first-order valence-corrected chi connectivity index (χ1v) is 7.14. The molecule has 3 N–H and O–H groups in total. The highest BCUT2D eigenvalue weighted by atomic mass is 79.9. The Bertz CT molecular complexity index is 510. The van der Waals surface area contributed by atoms with Crippen molar-refractivity contribution in [3.8, 4) is 0 Å². The Hall–Kier alpha value is -0.100. The zero-order chi connectivity index (χ0) is 12.4. The number of thiophene rings is 1. The molecule has 2 aromatic rings. The highest BCUT2D eigenvalue weighted by Gasteiger charge is 2.15. The lowest BCUT2D eigenvalue weighted by molar-refractivity contribution is 0.646. The monoisotopic (exact) mass is 350 g/mol. The Morgan fingerprint density at radius 2 is 2.00 bits per heavy atom. The first kappa shape index (κ1) is 13.3. The summed E-state index contributed by atoms with van der Waals surface area (Å²) in [6, 6.07) is 9.38. The molecule has 6 heteroatoms.